The molecule has 1 aromatic heterocycles. The minimum atomic E-state index is -0.323. The third-order valence-corrected chi connectivity index (χ3v) is 3.31. The molecule has 106 valence electrons. The minimum Gasteiger partial charge on any atom is -0.439 e. The van der Waals surface area contributed by atoms with E-state index in [9.17, 15) is 9.50 Å². The molecular formula is C17H14FNO2. The van der Waals surface area contributed by atoms with Crippen LogP contribution in [-0.4, -0.2) is 10.1 Å². The van der Waals surface area contributed by atoms with Crippen molar-refractivity contribution in [2.24, 2.45) is 0 Å². The molecule has 0 spiro atoms. The van der Waals surface area contributed by atoms with E-state index in [2.05, 4.69) is 4.98 Å². The van der Waals surface area contributed by atoms with E-state index >= 15 is 0 Å². The first-order valence-electron chi connectivity index (χ1n) is 6.61. The van der Waals surface area contributed by atoms with Crippen LogP contribution in [0, 0.1) is 12.7 Å². The van der Waals surface area contributed by atoms with Gasteiger partial charge in [0.1, 0.15) is 11.6 Å². The highest BCUT2D eigenvalue weighted by Gasteiger charge is 2.08. The molecule has 0 aliphatic heterocycles. The van der Waals surface area contributed by atoms with Gasteiger partial charge in [-0.3, -0.25) is 0 Å². The van der Waals surface area contributed by atoms with Gasteiger partial charge in [0.15, 0.2) is 0 Å². The summed E-state index contributed by atoms with van der Waals surface area (Å²) in [6.07, 6.45) is 0. The number of aliphatic hydroxyl groups excluding tert-OH is 1. The lowest BCUT2D eigenvalue weighted by molar-refractivity contribution is 0.282. The number of benzene rings is 2. The lowest BCUT2D eigenvalue weighted by atomic mass is 10.1. The molecule has 0 bridgehead atoms. The molecule has 0 aliphatic rings. The second-order valence-corrected chi connectivity index (χ2v) is 4.81. The highest BCUT2D eigenvalue weighted by molar-refractivity contribution is 5.82. The van der Waals surface area contributed by atoms with Gasteiger partial charge in [-0.05, 0) is 30.2 Å². The minimum absolute atomic E-state index is 0.109. The Hall–Kier alpha value is -2.46. The molecule has 21 heavy (non-hydrogen) atoms. The topological polar surface area (TPSA) is 42.4 Å². The monoisotopic (exact) mass is 283 g/mol. The summed E-state index contributed by atoms with van der Waals surface area (Å²) in [6.45, 7) is 1.58. The maximum atomic E-state index is 13.5. The van der Waals surface area contributed by atoms with Crippen molar-refractivity contribution in [3.63, 3.8) is 0 Å². The molecule has 0 fully saturated rings. The van der Waals surface area contributed by atoms with E-state index in [1.54, 1.807) is 25.1 Å². The molecule has 0 saturated carbocycles. The summed E-state index contributed by atoms with van der Waals surface area (Å²) in [5.74, 6) is 0.390. The molecule has 0 atom stereocenters. The Bertz CT molecular complexity index is 802. The fourth-order valence-electron chi connectivity index (χ4n) is 2.16. The predicted octanol–water partition coefficient (Wildman–Crippen LogP) is 3.97. The first-order valence-corrected chi connectivity index (χ1v) is 6.61. The Morgan fingerprint density at radius 3 is 2.71 bits per heavy atom. The summed E-state index contributed by atoms with van der Waals surface area (Å²) in [6, 6.07) is 13.8. The van der Waals surface area contributed by atoms with Gasteiger partial charge >= 0.3 is 0 Å². The van der Waals surface area contributed by atoms with Gasteiger partial charge in [-0.15, -0.1) is 0 Å². The predicted molar refractivity (Wildman–Crippen MR) is 78.9 cm³/mol. The van der Waals surface area contributed by atoms with E-state index < -0.39 is 0 Å². The van der Waals surface area contributed by atoms with E-state index in [4.69, 9.17) is 4.74 Å². The Kier molecular flexibility index (Phi) is 3.54. The zero-order valence-electron chi connectivity index (χ0n) is 11.5. The summed E-state index contributed by atoms with van der Waals surface area (Å²) in [7, 11) is 0. The highest BCUT2D eigenvalue weighted by atomic mass is 19.1. The molecular weight excluding hydrogens is 269 g/mol. The number of nitrogens with zero attached hydrogens (tertiary/aromatic N) is 1. The van der Waals surface area contributed by atoms with Crippen LogP contribution in [-0.2, 0) is 6.61 Å². The molecule has 3 nitrogen and oxygen atoms in total. The normalized spacial score (nSPS) is 10.8. The van der Waals surface area contributed by atoms with Crippen molar-refractivity contribution in [3.05, 3.63) is 65.5 Å². The van der Waals surface area contributed by atoms with E-state index in [0.29, 0.717) is 17.2 Å². The van der Waals surface area contributed by atoms with Crippen LogP contribution in [0.4, 0.5) is 4.39 Å². The average molecular weight is 283 g/mol. The molecule has 4 heteroatoms. The van der Waals surface area contributed by atoms with Crippen LogP contribution < -0.4 is 4.74 Å². The Morgan fingerprint density at radius 2 is 1.95 bits per heavy atom. The zero-order valence-corrected chi connectivity index (χ0v) is 11.5. The van der Waals surface area contributed by atoms with Crippen LogP contribution in [0.3, 0.4) is 0 Å². The van der Waals surface area contributed by atoms with Crippen molar-refractivity contribution in [2.75, 3.05) is 0 Å². The summed E-state index contributed by atoms with van der Waals surface area (Å²) in [5.41, 5.74) is 2.01. The number of aryl methyl sites for hydroxylation is 1. The summed E-state index contributed by atoms with van der Waals surface area (Å²) < 4.78 is 19.1. The van der Waals surface area contributed by atoms with E-state index in [1.165, 1.54) is 6.07 Å². The van der Waals surface area contributed by atoms with Crippen LogP contribution >= 0.6 is 0 Å². The Balaban J connectivity index is 2.02. The maximum absolute atomic E-state index is 13.5. The van der Waals surface area contributed by atoms with Gasteiger partial charge in [-0.25, -0.2) is 9.37 Å². The van der Waals surface area contributed by atoms with Gasteiger partial charge in [0.05, 0.1) is 12.1 Å². The van der Waals surface area contributed by atoms with Gasteiger partial charge in [-0.1, -0.05) is 24.3 Å². The van der Waals surface area contributed by atoms with E-state index in [1.807, 2.05) is 24.3 Å². The van der Waals surface area contributed by atoms with Crippen molar-refractivity contribution in [2.45, 2.75) is 13.5 Å². The first-order chi connectivity index (χ1) is 10.2. The second kappa shape index (κ2) is 5.50. The van der Waals surface area contributed by atoms with Gasteiger partial charge in [0.2, 0.25) is 5.88 Å². The Labute approximate surface area is 121 Å². The number of halogens is 1. The van der Waals surface area contributed by atoms with Crippen LogP contribution in [0.15, 0.2) is 48.5 Å². The smallest absolute Gasteiger partial charge is 0.220 e. The second-order valence-electron chi connectivity index (χ2n) is 4.81. The number of rotatable bonds is 3. The quantitative estimate of drug-likeness (QED) is 0.791. The molecule has 3 aromatic rings. The molecule has 0 saturated heterocycles. The SMILES string of the molecule is Cc1ccc(Oc2cc(CO)c3ccccc3n2)cc1F. The number of fused-ring (bicyclic) bond motifs is 1. The standard InChI is InChI=1S/C17H14FNO2/c1-11-6-7-13(9-15(11)18)21-17-8-12(10-20)14-4-2-3-5-16(14)19-17/h2-9,20H,10H2,1H3. The first kappa shape index (κ1) is 13.5. The van der Waals surface area contributed by atoms with Gasteiger partial charge in [-0.2, -0.15) is 0 Å². The van der Waals surface area contributed by atoms with Gasteiger partial charge < -0.3 is 9.84 Å². The van der Waals surface area contributed by atoms with Crippen LogP contribution in [0.25, 0.3) is 10.9 Å². The van der Waals surface area contributed by atoms with Crippen LogP contribution in [0.5, 0.6) is 11.6 Å². The van der Waals surface area contributed by atoms with Crippen LogP contribution in [0.1, 0.15) is 11.1 Å². The maximum Gasteiger partial charge on any atom is 0.220 e. The fourth-order valence-corrected chi connectivity index (χ4v) is 2.16. The summed E-state index contributed by atoms with van der Waals surface area (Å²) in [4.78, 5) is 4.38. The van der Waals surface area contributed by atoms with Gasteiger partial charge in [0.25, 0.3) is 0 Å². The number of aliphatic hydroxyl groups is 1. The number of hydrogen-bond acceptors (Lipinski definition) is 3. The summed E-state index contributed by atoms with van der Waals surface area (Å²) >= 11 is 0. The third kappa shape index (κ3) is 2.71. The van der Waals surface area contributed by atoms with Crippen molar-refractivity contribution < 1.29 is 14.2 Å². The molecule has 1 heterocycles. The molecule has 3 rings (SSSR count). The van der Waals surface area contributed by atoms with Crippen molar-refractivity contribution in [3.8, 4) is 11.6 Å². The van der Waals surface area contributed by atoms with Gasteiger partial charge in [0, 0.05) is 17.5 Å². The highest BCUT2D eigenvalue weighted by Crippen LogP contribution is 2.26. The number of aromatic nitrogens is 1. The zero-order chi connectivity index (χ0) is 14.8. The molecule has 2 aromatic carbocycles. The lowest BCUT2D eigenvalue weighted by Crippen LogP contribution is -1.94. The molecule has 0 unspecified atom stereocenters. The molecule has 0 aliphatic carbocycles. The lowest BCUT2D eigenvalue weighted by Gasteiger charge is -2.09. The number of pyridine rings is 1. The molecule has 0 radical (unpaired) electrons. The fraction of sp³-hybridized carbons (Fsp3) is 0.118. The molecule has 1 N–H and O–H groups in total. The summed E-state index contributed by atoms with van der Waals surface area (Å²) in [5, 5.41) is 10.3. The number of hydrogen-bond donors (Lipinski definition) is 1. The van der Waals surface area contributed by atoms with E-state index in [-0.39, 0.29) is 12.4 Å². The van der Waals surface area contributed by atoms with Crippen molar-refractivity contribution in [1.29, 1.82) is 0 Å². The van der Waals surface area contributed by atoms with Crippen molar-refractivity contribution >= 4 is 10.9 Å². The average Bonchev–Trinajstić information content (AvgIpc) is 2.50. The third-order valence-electron chi connectivity index (χ3n) is 3.31. The van der Waals surface area contributed by atoms with E-state index in [0.717, 1.165) is 16.5 Å². The largest absolute Gasteiger partial charge is 0.439 e. The van der Waals surface area contributed by atoms with Crippen molar-refractivity contribution in [1.82, 2.24) is 4.98 Å². The number of para-hydroxylation sites is 1. The molecule has 0 amide bonds. The number of ether oxygens (including phenoxy) is 1. The Morgan fingerprint density at radius 1 is 1.14 bits per heavy atom. The van der Waals surface area contributed by atoms with Crippen LogP contribution in [0.2, 0.25) is 0 Å².